The molecule has 1 aliphatic carbocycles. The number of ether oxygens (including phenoxy) is 1. The standard InChI is InChI=1S/C25H29N7O2/c1-30-11-8-25(16-30)6-4-18(5-7-25)32-15-17-12-19(22(34-2)13-20(17)29-32)24(33)28-21-14-27-31-10-3-9-26-23(21)31/h3,9-10,12-15,18H,4-8,11,16H2,1-2H3,(H,28,33)/t18-,25+. The lowest BCUT2D eigenvalue weighted by atomic mass is 9.72. The Morgan fingerprint density at radius 1 is 1.24 bits per heavy atom. The lowest BCUT2D eigenvalue weighted by Crippen LogP contribution is -2.31. The number of carbonyl (C=O) groups is 1. The van der Waals surface area contributed by atoms with Gasteiger partial charge in [0.2, 0.25) is 0 Å². The predicted octanol–water partition coefficient (Wildman–Crippen LogP) is 3.78. The molecule has 1 spiro atoms. The van der Waals surface area contributed by atoms with Crippen molar-refractivity contribution in [3.05, 3.63) is 48.5 Å². The second-order valence-corrected chi connectivity index (χ2v) is 9.84. The molecule has 4 heterocycles. The van der Waals surface area contributed by atoms with Crippen LogP contribution in [0.1, 0.15) is 48.5 Å². The number of fused-ring (bicyclic) bond motifs is 2. The maximum absolute atomic E-state index is 13.2. The van der Waals surface area contributed by atoms with Crippen LogP contribution in [0, 0.1) is 5.41 Å². The number of likely N-dealkylation sites (tertiary alicyclic amines) is 1. The highest BCUT2D eigenvalue weighted by molar-refractivity contribution is 6.09. The number of hydrogen-bond acceptors (Lipinski definition) is 6. The van der Waals surface area contributed by atoms with E-state index in [1.807, 2.05) is 12.1 Å². The molecule has 1 aliphatic heterocycles. The molecule has 0 bridgehead atoms. The third kappa shape index (κ3) is 3.60. The number of benzene rings is 1. The summed E-state index contributed by atoms with van der Waals surface area (Å²) in [5.74, 6) is 0.230. The second kappa shape index (κ2) is 8.09. The summed E-state index contributed by atoms with van der Waals surface area (Å²) in [5, 5.41) is 13.0. The normalized spacial score (nSPS) is 23.2. The van der Waals surface area contributed by atoms with E-state index in [0.29, 0.717) is 34.1 Å². The molecule has 34 heavy (non-hydrogen) atoms. The first-order valence-corrected chi connectivity index (χ1v) is 11.9. The first kappa shape index (κ1) is 21.1. The Hall–Kier alpha value is -3.46. The zero-order valence-electron chi connectivity index (χ0n) is 19.6. The van der Waals surface area contributed by atoms with Gasteiger partial charge in [-0.15, -0.1) is 0 Å². The molecule has 176 valence electrons. The van der Waals surface area contributed by atoms with Gasteiger partial charge in [-0.2, -0.15) is 10.2 Å². The molecule has 9 heteroatoms. The van der Waals surface area contributed by atoms with Crippen LogP contribution in [-0.2, 0) is 0 Å². The summed E-state index contributed by atoms with van der Waals surface area (Å²) in [6.07, 6.45) is 13.2. The van der Waals surface area contributed by atoms with Gasteiger partial charge in [0.05, 0.1) is 30.4 Å². The summed E-state index contributed by atoms with van der Waals surface area (Å²) in [7, 11) is 3.80. The predicted molar refractivity (Wildman–Crippen MR) is 129 cm³/mol. The number of nitrogens with one attached hydrogen (secondary N) is 1. The van der Waals surface area contributed by atoms with E-state index >= 15 is 0 Å². The lowest BCUT2D eigenvalue weighted by Gasteiger charge is -2.37. The van der Waals surface area contributed by atoms with E-state index in [2.05, 4.69) is 38.2 Å². The zero-order valence-corrected chi connectivity index (χ0v) is 19.6. The Balaban J connectivity index is 1.25. The van der Waals surface area contributed by atoms with E-state index in [1.54, 1.807) is 36.3 Å². The van der Waals surface area contributed by atoms with Gasteiger partial charge in [-0.05, 0) is 63.2 Å². The van der Waals surface area contributed by atoms with E-state index in [9.17, 15) is 4.79 Å². The molecule has 0 atom stereocenters. The molecule has 9 nitrogen and oxygen atoms in total. The van der Waals surface area contributed by atoms with Crippen LogP contribution in [0.2, 0.25) is 0 Å². The number of methoxy groups -OCH3 is 1. The first-order chi connectivity index (χ1) is 16.5. The zero-order chi connectivity index (χ0) is 23.3. The molecule has 1 saturated carbocycles. The number of carbonyl (C=O) groups excluding carboxylic acids is 1. The van der Waals surface area contributed by atoms with Gasteiger partial charge < -0.3 is 15.0 Å². The number of amides is 1. The number of rotatable bonds is 4. The van der Waals surface area contributed by atoms with E-state index in [4.69, 9.17) is 9.84 Å². The minimum absolute atomic E-state index is 0.267. The van der Waals surface area contributed by atoms with Gasteiger partial charge in [0, 0.05) is 36.6 Å². The number of nitrogens with zero attached hydrogens (tertiary/aromatic N) is 6. The number of aromatic nitrogens is 5. The Labute approximate surface area is 197 Å². The van der Waals surface area contributed by atoms with Gasteiger partial charge in [-0.1, -0.05) is 0 Å². The summed E-state index contributed by atoms with van der Waals surface area (Å²) in [5.41, 5.74) is 2.94. The maximum atomic E-state index is 13.2. The summed E-state index contributed by atoms with van der Waals surface area (Å²) in [4.78, 5) is 19.9. The average Bonchev–Trinajstić information content (AvgIpc) is 3.56. The van der Waals surface area contributed by atoms with E-state index in [0.717, 1.165) is 23.7 Å². The van der Waals surface area contributed by atoms with Crippen LogP contribution in [0.15, 0.2) is 43.0 Å². The highest BCUT2D eigenvalue weighted by atomic mass is 16.5. The smallest absolute Gasteiger partial charge is 0.259 e. The number of anilines is 1. The first-order valence-electron chi connectivity index (χ1n) is 11.9. The molecule has 1 amide bonds. The molecule has 1 N–H and O–H groups in total. The molecular formula is C25H29N7O2. The van der Waals surface area contributed by atoms with Crippen molar-refractivity contribution in [2.75, 3.05) is 32.6 Å². The third-order valence-electron chi connectivity index (χ3n) is 7.63. The van der Waals surface area contributed by atoms with Gasteiger partial charge in [-0.25, -0.2) is 9.50 Å². The molecule has 2 fully saturated rings. The summed E-state index contributed by atoms with van der Waals surface area (Å²) in [6.45, 7) is 2.44. The van der Waals surface area contributed by atoms with Crippen LogP contribution in [0.5, 0.6) is 5.75 Å². The molecule has 6 rings (SSSR count). The van der Waals surface area contributed by atoms with Crippen LogP contribution in [0.25, 0.3) is 16.6 Å². The van der Waals surface area contributed by atoms with Gasteiger partial charge >= 0.3 is 0 Å². The minimum atomic E-state index is -0.267. The molecule has 1 aromatic carbocycles. The fraction of sp³-hybridized carbons (Fsp3) is 0.440. The van der Waals surface area contributed by atoms with Crippen LogP contribution in [0.3, 0.4) is 0 Å². The van der Waals surface area contributed by atoms with Crippen LogP contribution in [-0.4, -0.2) is 62.4 Å². The second-order valence-electron chi connectivity index (χ2n) is 9.84. The van der Waals surface area contributed by atoms with Crippen molar-refractivity contribution in [3.8, 4) is 5.75 Å². The van der Waals surface area contributed by atoms with E-state index < -0.39 is 0 Å². The maximum Gasteiger partial charge on any atom is 0.259 e. The van der Waals surface area contributed by atoms with Crippen molar-refractivity contribution >= 4 is 28.1 Å². The van der Waals surface area contributed by atoms with E-state index in [-0.39, 0.29) is 5.91 Å². The Bertz CT molecular complexity index is 1370. The molecule has 0 unspecified atom stereocenters. The lowest BCUT2D eigenvalue weighted by molar-refractivity contribution is 0.102. The van der Waals surface area contributed by atoms with Crippen molar-refractivity contribution < 1.29 is 9.53 Å². The van der Waals surface area contributed by atoms with Gasteiger partial charge in [0.25, 0.3) is 5.91 Å². The fourth-order valence-electron chi connectivity index (χ4n) is 5.76. The molecule has 3 aromatic heterocycles. The Morgan fingerprint density at radius 3 is 2.85 bits per heavy atom. The monoisotopic (exact) mass is 459 g/mol. The molecule has 0 radical (unpaired) electrons. The number of hydrogen-bond donors (Lipinski definition) is 1. The van der Waals surface area contributed by atoms with Crippen molar-refractivity contribution in [3.63, 3.8) is 0 Å². The van der Waals surface area contributed by atoms with Crippen molar-refractivity contribution in [2.45, 2.75) is 38.1 Å². The Morgan fingerprint density at radius 2 is 2.09 bits per heavy atom. The van der Waals surface area contributed by atoms with E-state index in [1.165, 1.54) is 32.4 Å². The largest absolute Gasteiger partial charge is 0.496 e. The SMILES string of the molecule is COc1cc2nn([C@H]3CC[C@]4(CCN(C)C4)CC3)cc2cc1C(=O)Nc1cnn2cccnc12. The quantitative estimate of drug-likeness (QED) is 0.500. The fourth-order valence-corrected chi connectivity index (χ4v) is 5.76. The van der Waals surface area contributed by atoms with Gasteiger partial charge in [0.1, 0.15) is 11.4 Å². The Kier molecular flexibility index (Phi) is 5.02. The topological polar surface area (TPSA) is 89.6 Å². The minimum Gasteiger partial charge on any atom is -0.496 e. The van der Waals surface area contributed by atoms with Crippen molar-refractivity contribution in [2.24, 2.45) is 5.41 Å². The summed E-state index contributed by atoms with van der Waals surface area (Å²) in [6, 6.07) is 5.91. The van der Waals surface area contributed by atoms with Crippen molar-refractivity contribution in [1.82, 2.24) is 29.3 Å². The van der Waals surface area contributed by atoms with Crippen LogP contribution >= 0.6 is 0 Å². The van der Waals surface area contributed by atoms with Gasteiger partial charge in [-0.3, -0.25) is 9.48 Å². The van der Waals surface area contributed by atoms with Crippen LogP contribution in [0.4, 0.5) is 5.69 Å². The molecule has 1 saturated heterocycles. The average molecular weight is 460 g/mol. The highest BCUT2D eigenvalue weighted by Crippen LogP contribution is 2.46. The molecule has 2 aliphatic rings. The van der Waals surface area contributed by atoms with Crippen LogP contribution < -0.4 is 10.1 Å². The molecular weight excluding hydrogens is 430 g/mol. The summed E-state index contributed by atoms with van der Waals surface area (Å²) >= 11 is 0. The van der Waals surface area contributed by atoms with Gasteiger partial charge in [0.15, 0.2) is 5.65 Å². The highest BCUT2D eigenvalue weighted by Gasteiger charge is 2.40. The van der Waals surface area contributed by atoms with Crippen molar-refractivity contribution in [1.29, 1.82) is 0 Å². The summed E-state index contributed by atoms with van der Waals surface area (Å²) < 4.78 is 9.28. The third-order valence-corrected chi connectivity index (χ3v) is 7.63. The molecule has 4 aromatic rings.